The molecule has 0 amide bonds. The molecule has 4 fully saturated rings. The fourth-order valence-electron chi connectivity index (χ4n) is 5.39. The quantitative estimate of drug-likeness (QED) is 0.436. The smallest absolute Gasteiger partial charge is 0.229 e. The summed E-state index contributed by atoms with van der Waals surface area (Å²) in [5.41, 5.74) is 0.806. The van der Waals surface area contributed by atoms with Gasteiger partial charge in [-0.2, -0.15) is 10.1 Å². The van der Waals surface area contributed by atoms with Gasteiger partial charge in [-0.05, 0) is 44.7 Å². The Balaban J connectivity index is 1.08. The molecule has 3 saturated heterocycles. The highest BCUT2D eigenvalue weighted by Gasteiger charge is 2.49. The third-order valence-electron chi connectivity index (χ3n) is 7.42. The minimum absolute atomic E-state index is 0.116. The van der Waals surface area contributed by atoms with Gasteiger partial charge < -0.3 is 25.4 Å². The van der Waals surface area contributed by atoms with Crippen molar-refractivity contribution in [3.8, 4) is 0 Å². The topological polar surface area (TPSA) is 132 Å². The maximum Gasteiger partial charge on any atom is 0.229 e. The standard InChI is InChI=1S/C23H32ClN7O4S/c24-18-8-26-23(28-16-7-27-31(9-16)17-3-5-25-6-4-17)30-22(18)29-19-11-35-20-15(10-34-21(19)20)13-36(32,33)12-14-1-2-14/h7-9,14-15,17,19-21,25H,1-6,10-13H2,(H2,26,28,29,30). The molecule has 0 spiro atoms. The molecule has 0 bridgehead atoms. The molecule has 6 rings (SSSR count). The molecule has 0 radical (unpaired) electrons. The number of hydrogen-bond donors (Lipinski definition) is 3. The predicted molar refractivity (Wildman–Crippen MR) is 135 cm³/mol. The summed E-state index contributed by atoms with van der Waals surface area (Å²) < 4.78 is 39.1. The fourth-order valence-corrected chi connectivity index (χ4v) is 7.66. The van der Waals surface area contributed by atoms with Crippen LogP contribution in [0.3, 0.4) is 0 Å². The number of nitrogens with zero attached hydrogens (tertiary/aromatic N) is 4. The normalized spacial score (nSPS) is 28.8. The number of hydrogen-bond acceptors (Lipinski definition) is 10. The third-order valence-corrected chi connectivity index (χ3v) is 9.61. The van der Waals surface area contributed by atoms with Crippen molar-refractivity contribution in [1.82, 2.24) is 25.1 Å². The van der Waals surface area contributed by atoms with Crippen molar-refractivity contribution in [2.75, 3.05) is 48.4 Å². The van der Waals surface area contributed by atoms with Crippen LogP contribution in [0.5, 0.6) is 0 Å². The van der Waals surface area contributed by atoms with E-state index in [9.17, 15) is 8.42 Å². The van der Waals surface area contributed by atoms with Gasteiger partial charge in [0.05, 0.1) is 61.0 Å². The Bertz CT molecular complexity index is 1180. The van der Waals surface area contributed by atoms with Crippen LogP contribution in [-0.2, 0) is 19.3 Å². The van der Waals surface area contributed by atoms with Gasteiger partial charge in [-0.25, -0.2) is 13.4 Å². The molecular formula is C23H32ClN7O4S. The van der Waals surface area contributed by atoms with E-state index >= 15 is 0 Å². The summed E-state index contributed by atoms with van der Waals surface area (Å²) >= 11 is 6.40. The van der Waals surface area contributed by atoms with E-state index in [2.05, 4.69) is 31.0 Å². The Morgan fingerprint density at radius 1 is 1.08 bits per heavy atom. The first kappa shape index (κ1) is 24.4. The van der Waals surface area contributed by atoms with Gasteiger partial charge >= 0.3 is 0 Å². The zero-order chi connectivity index (χ0) is 24.7. The lowest BCUT2D eigenvalue weighted by Gasteiger charge is -2.22. The van der Waals surface area contributed by atoms with Crippen molar-refractivity contribution < 1.29 is 17.9 Å². The van der Waals surface area contributed by atoms with Crippen molar-refractivity contribution in [2.24, 2.45) is 11.8 Å². The summed E-state index contributed by atoms with van der Waals surface area (Å²) in [6.07, 6.45) is 8.92. The molecule has 3 N–H and O–H groups in total. The third kappa shape index (κ3) is 5.47. The van der Waals surface area contributed by atoms with Gasteiger partial charge in [0.2, 0.25) is 5.95 Å². The van der Waals surface area contributed by atoms with Crippen molar-refractivity contribution in [1.29, 1.82) is 0 Å². The second-order valence-electron chi connectivity index (χ2n) is 10.3. The van der Waals surface area contributed by atoms with Gasteiger partial charge in [-0.3, -0.25) is 4.68 Å². The Hall–Kier alpha value is -1.99. The molecule has 13 heteroatoms. The molecule has 4 unspecified atom stereocenters. The second kappa shape index (κ2) is 10.1. The lowest BCUT2D eigenvalue weighted by molar-refractivity contribution is 0.0656. The highest BCUT2D eigenvalue weighted by Crippen LogP contribution is 2.36. The van der Waals surface area contributed by atoms with Gasteiger partial charge in [-0.15, -0.1) is 0 Å². The van der Waals surface area contributed by atoms with Crippen LogP contribution < -0.4 is 16.0 Å². The summed E-state index contributed by atoms with van der Waals surface area (Å²) in [6, 6.07) is 0.202. The van der Waals surface area contributed by atoms with Crippen molar-refractivity contribution in [2.45, 2.75) is 50.0 Å². The first-order valence-corrected chi connectivity index (χ1v) is 14.9. The second-order valence-corrected chi connectivity index (χ2v) is 12.9. The number of ether oxygens (including phenoxy) is 2. The molecule has 36 heavy (non-hydrogen) atoms. The number of nitrogens with one attached hydrogen (secondary N) is 3. The summed E-state index contributed by atoms with van der Waals surface area (Å²) in [4.78, 5) is 8.87. The Morgan fingerprint density at radius 3 is 2.69 bits per heavy atom. The molecule has 11 nitrogen and oxygen atoms in total. The highest BCUT2D eigenvalue weighted by atomic mass is 35.5. The fraction of sp³-hybridized carbons (Fsp3) is 0.696. The Kier molecular flexibility index (Phi) is 6.80. The number of rotatable bonds is 9. The molecule has 1 aliphatic carbocycles. The van der Waals surface area contributed by atoms with E-state index in [0.717, 1.165) is 44.5 Å². The van der Waals surface area contributed by atoms with Crippen LogP contribution in [0.25, 0.3) is 0 Å². The largest absolute Gasteiger partial charge is 0.373 e. The van der Waals surface area contributed by atoms with Crippen LogP contribution in [0, 0.1) is 11.8 Å². The predicted octanol–water partition coefficient (Wildman–Crippen LogP) is 2.01. The van der Waals surface area contributed by atoms with Gasteiger partial charge in [0, 0.05) is 12.1 Å². The van der Waals surface area contributed by atoms with Crippen molar-refractivity contribution >= 4 is 38.9 Å². The van der Waals surface area contributed by atoms with Crippen molar-refractivity contribution in [3.63, 3.8) is 0 Å². The summed E-state index contributed by atoms with van der Waals surface area (Å²) in [7, 11) is -3.10. The van der Waals surface area contributed by atoms with Crippen LogP contribution in [-0.4, -0.2) is 84.2 Å². The van der Waals surface area contributed by atoms with E-state index in [1.807, 2.05) is 10.9 Å². The van der Waals surface area contributed by atoms with E-state index in [-0.39, 0.29) is 35.7 Å². The number of piperidine rings is 1. The zero-order valence-corrected chi connectivity index (χ0v) is 21.5. The van der Waals surface area contributed by atoms with Gasteiger partial charge in [0.1, 0.15) is 11.1 Å². The summed E-state index contributed by atoms with van der Waals surface area (Å²) in [6.45, 7) is 2.76. The monoisotopic (exact) mass is 537 g/mol. The zero-order valence-electron chi connectivity index (χ0n) is 20.0. The van der Waals surface area contributed by atoms with Gasteiger partial charge in [-0.1, -0.05) is 11.6 Å². The molecule has 3 aliphatic heterocycles. The molecule has 2 aromatic rings. The number of aromatic nitrogens is 4. The lowest BCUT2D eigenvalue weighted by atomic mass is 10.0. The van der Waals surface area contributed by atoms with E-state index in [1.165, 1.54) is 0 Å². The minimum Gasteiger partial charge on any atom is -0.373 e. The molecule has 196 valence electrons. The highest BCUT2D eigenvalue weighted by molar-refractivity contribution is 7.91. The number of halogens is 1. The molecule has 0 aromatic carbocycles. The Morgan fingerprint density at radius 2 is 1.89 bits per heavy atom. The van der Waals surface area contributed by atoms with Crippen LogP contribution in [0.4, 0.5) is 17.5 Å². The minimum atomic E-state index is -3.10. The van der Waals surface area contributed by atoms with E-state index in [1.54, 1.807) is 12.4 Å². The molecule has 4 atom stereocenters. The average Bonchev–Trinajstić information content (AvgIpc) is 3.23. The summed E-state index contributed by atoms with van der Waals surface area (Å²) in [5.74, 6) is 1.46. The number of sulfone groups is 1. The molecule has 4 aliphatic rings. The maximum atomic E-state index is 12.5. The Labute approximate surface area is 215 Å². The molecule has 1 saturated carbocycles. The first-order valence-electron chi connectivity index (χ1n) is 12.7. The van der Waals surface area contributed by atoms with Crippen LogP contribution >= 0.6 is 11.6 Å². The van der Waals surface area contributed by atoms with Gasteiger partial charge in [0.25, 0.3) is 0 Å². The molecular weight excluding hydrogens is 506 g/mol. The maximum absolute atomic E-state index is 12.5. The lowest BCUT2D eigenvalue weighted by Crippen LogP contribution is -2.36. The number of anilines is 3. The van der Waals surface area contributed by atoms with Crippen LogP contribution in [0.2, 0.25) is 5.02 Å². The average molecular weight is 538 g/mol. The first-order chi connectivity index (χ1) is 17.4. The van der Waals surface area contributed by atoms with Crippen LogP contribution in [0.15, 0.2) is 18.6 Å². The van der Waals surface area contributed by atoms with E-state index < -0.39 is 9.84 Å². The van der Waals surface area contributed by atoms with E-state index in [4.69, 9.17) is 21.1 Å². The molecule has 2 aromatic heterocycles. The SMILES string of the molecule is O=S(=O)(CC1CC1)CC1COC2C(Nc3nc(Nc4cnn(C5CCNCC5)c4)ncc3Cl)COC12. The van der Waals surface area contributed by atoms with E-state index in [0.29, 0.717) is 42.0 Å². The van der Waals surface area contributed by atoms with Crippen molar-refractivity contribution in [3.05, 3.63) is 23.6 Å². The summed E-state index contributed by atoms with van der Waals surface area (Å²) in [5, 5.41) is 14.8. The molecule has 5 heterocycles. The number of fused-ring (bicyclic) bond motifs is 1. The van der Waals surface area contributed by atoms with Gasteiger partial charge in [0.15, 0.2) is 15.7 Å². The van der Waals surface area contributed by atoms with Crippen LogP contribution in [0.1, 0.15) is 31.7 Å².